The van der Waals surface area contributed by atoms with Crippen LogP contribution in [0.5, 0.6) is 0 Å². The summed E-state index contributed by atoms with van der Waals surface area (Å²) in [6.45, 7) is 4.36. The highest BCUT2D eigenvalue weighted by Crippen LogP contribution is 2.13. The van der Waals surface area contributed by atoms with Crippen molar-refractivity contribution in [2.75, 3.05) is 20.7 Å². The fourth-order valence-electron chi connectivity index (χ4n) is 2.30. The van der Waals surface area contributed by atoms with Crippen LogP contribution in [0.25, 0.3) is 0 Å². The summed E-state index contributed by atoms with van der Waals surface area (Å²) in [5, 5.41) is 11.2. The lowest BCUT2D eigenvalue weighted by molar-refractivity contribution is 0.177. The van der Waals surface area contributed by atoms with Crippen LogP contribution in [0, 0.1) is 0 Å². The molecular weight excluding hydrogens is 256 g/mol. The molecule has 0 aliphatic carbocycles. The summed E-state index contributed by atoms with van der Waals surface area (Å²) < 4.78 is 7.05. The molecular formula is C13H24N6O. The van der Waals surface area contributed by atoms with Crippen LogP contribution >= 0.6 is 0 Å². The minimum Gasteiger partial charge on any atom is -0.377 e. The number of fused-ring (bicyclic) bond motifs is 1. The Kier molecular flexibility index (Phi) is 5.34. The molecule has 20 heavy (non-hydrogen) atoms. The lowest BCUT2D eigenvalue weighted by atomic mass is 10.1. The van der Waals surface area contributed by atoms with E-state index in [9.17, 15) is 0 Å². The predicted molar refractivity (Wildman–Crippen MR) is 77.6 cm³/mol. The summed E-state index contributed by atoms with van der Waals surface area (Å²) >= 11 is 0. The van der Waals surface area contributed by atoms with Crippen molar-refractivity contribution in [2.45, 2.75) is 45.4 Å². The van der Waals surface area contributed by atoms with E-state index in [1.54, 1.807) is 14.2 Å². The number of guanidine groups is 1. The topological polar surface area (TPSA) is 76.4 Å². The molecule has 0 bridgehead atoms. The zero-order valence-electron chi connectivity index (χ0n) is 12.5. The van der Waals surface area contributed by atoms with E-state index in [4.69, 9.17) is 4.74 Å². The number of nitrogens with zero attached hydrogens (tertiary/aromatic N) is 4. The quantitative estimate of drug-likeness (QED) is 0.600. The number of hydrogen-bond acceptors (Lipinski definition) is 4. The summed E-state index contributed by atoms with van der Waals surface area (Å²) in [7, 11) is 3.46. The van der Waals surface area contributed by atoms with E-state index in [2.05, 4.69) is 32.6 Å². The Morgan fingerprint density at radius 2 is 2.40 bits per heavy atom. The first-order valence-corrected chi connectivity index (χ1v) is 7.15. The van der Waals surface area contributed by atoms with Gasteiger partial charge >= 0.3 is 0 Å². The van der Waals surface area contributed by atoms with Gasteiger partial charge in [0.1, 0.15) is 12.4 Å². The molecule has 0 radical (unpaired) electrons. The third kappa shape index (κ3) is 3.69. The lowest BCUT2D eigenvalue weighted by Gasteiger charge is -2.25. The molecule has 7 nitrogen and oxygen atoms in total. The van der Waals surface area contributed by atoms with Crippen LogP contribution in [0.15, 0.2) is 4.99 Å². The van der Waals surface area contributed by atoms with Crippen LogP contribution < -0.4 is 10.6 Å². The van der Waals surface area contributed by atoms with Crippen LogP contribution in [0.1, 0.15) is 31.4 Å². The standard InChI is InChI=1S/C13H24N6O/c1-4-7-15-13(14-2)16-10-5-6-12-17-11(9-20-3)18-19(12)8-10/h10H,4-9H2,1-3H3,(H2,14,15,16). The van der Waals surface area contributed by atoms with Gasteiger partial charge in [0.25, 0.3) is 0 Å². The highest BCUT2D eigenvalue weighted by Gasteiger charge is 2.22. The molecule has 1 aromatic rings. The van der Waals surface area contributed by atoms with E-state index >= 15 is 0 Å². The predicted octanol–water partition coefficient (Wildman–Crippen LogP) is 0.314. The Morgan fingerprint density at radius 1 is 1.55 bits per heavy atom. The average Bonchev–Trinajstić information content (AvgIpc) is 2.85. The zero-order valence-corrected chi connectivity index (χ0v) is 12.5. The van der Waals surface area contributed by atoms with E-state index in [0.29, 0.717) is 12.6 Å². The second kappa shape index (κ2) is 7.23. The Hall–Kier alpha value is -1.63. The van der Waals surface area contributed by atoms with E-state index in [1.165, 1.54) is 0 Å². The Morgan fingerprint density at radius 3 is 3.10 bits per heavy atom. The summed E-state index contributed by atoms with van der Waals surface area (Å²) in [5.41, 5.74) is 0. The first kappa shape index (κ1) is 14.8. The maximum absolute atomic E-state index is 5.08. The van der Waals surface area contributed by atoms with Crippen LogP contribution in [0.2, 0.25) is 0 Å². The summed E-state index contributed by atoms with van der Waals surface area (Å²) in [4.78, 5) is 8.72. The molecule has 7 heteroatoms. The Labute approximate surface area is 119 Å². The molecule has 0 amide bonds. The first-order chi connectivity index (χ1) is 9.76. The van der Waals surface area contributed by atoms with Crippen LogP contribution in [0.3, 0.4) is 0 Å². The van der Waals surface area contributed by atoms with Gasteiger partial charge in [0.05, 0.1) is 6.54 Å². The van der Waals surface area contributed by atoms with Crippen molar-refractivity contribution in [3.8, 4) is 0 Å². The van der Waals surface area contributed by atoms with Crippen molar-refractivity contribution >= 4 is 5.96 Å². The van der Waals surface area contributed by atoms with Crippen molar-refractivity contribution in [2.24, 2.45) is 4.99 Å². The maximum Gasteiger partial charge on any atom is 0.191 e. The third-order valence-electron chi connectivity index (χ3n) is 3.28. The normalized spacial score (nSPS) is 18.8. The van der Waals surface area contributed by atoms with Gasteiger partial charge in [-0.1, -0.05) is 6.92 Å². The second-order valence-electron chi connectivity index (χ2n) is 4.94. The molecule has 0 spiro atoms. The van der Waals surface area contributed by atoms with Crippen molar-refractivity contribution in [3.63, 3.8) is 0 Å². The smallest absolute Gasteiger partial charge is 0.191 e. The molecule has 2 N–H and O–H groups in total. The molecule has 0 saturated heterocycles. The van der Waals surface area contributed by atoms with Crippen LogP contribution in [-0.2, 0) is 24.3 Å². The average molecular weight is 280 g/mol. The molecule has 0 fully saturated rings. The molecule has 1 unspecified atom stereocenters. The summed E-state index contributed by atoms with van der Waals surface area (Å²) in [6, 6.07) is 0.336. The summed E-state index contributed by atoms with van der Waals surface area (Å²) in [5.74, 6) is 2.67. The van der Waals surface area contributed by atoms with Gasteiger partial charge in [0, 0.05) is 33.2 Å². The van der Waals surface area contributed by atoms with Gasteiger partial charge in [-0.15, -0.1) is 0 Å². The SMILES string of the molecule is CCCNC(=NC)NC1CCc2nc(COC)nn2C1. The number of aromatic nitrogens is 3. The Bertz CT molecular complexity index is 456. The fraction of sp³-hybridized carbons (Fsp3) is 0.769. The highest BCUT2D eigenvalue weighted by molar-refractivity contribution is 5.79. The van der Waals surface area contributed by atoms with Crippen molar-refractivity contribution in [1.29, 1.82) is 0 Å². The number of hydrogen-bond donors (Lipinski definition) is 2. The second-order valence-corrected chi connectivity index (χ2v) is 4.94. The third-order valence-corrected chi connectivity index (χ3v) is 3.28. The number of nitrogens with one attached hydrogen (secondary N) is 2. The minimum atomic E-state index is 0.336. The molecule has 1 atom stereocenters. The molecule has 1 aliphatic heterocycles. The van der Waals surface area contributed by atoms with E-state index in [0.717, 1.165) is 50.0 Å². The Balaban J connectivity index is 1.93. The molecule has 2 rings (SSSR count). The van der Waals surface area contributed by atoms with Gasteiger partial charge < -0.3 is 15.4 Å². The fourth-order valence-corrected chi connectivity index (χ4v) is 2.30. The number of aryl methyl sites for hydroxylation is 1. The van der Waals surface area contributed by atoms with Gasteiger partial charge in [-0.05, 0) is 12.8 Å². The molecule has 0 aromatic carbocycles. The van der Waals surface area contributed by atoms with Crippen LogP contribution in [0.4, 0.5) is 0 Å². The molecule has 1 aromatic heterocycles. The molecule has 112 valence electrons. The largest absolute Gasteiger partial charge is 0.377 e. The van der Waals surface area contributed by atoms with Crippen molar-refractivity contribution in [3.05, 3.63) is 11.6 Å². The van der Waals surface area contributed by atoms with Gasteiger partial charge in [0.2, 0.25) is 0 Å². The van der Waals surface area contributed by atoms with E-state index in [1.807, 2.05) is 4.68 Å². The first-order valence-electron chi connectivity index (χ1n) is 7.15. The van der Waals surface area contributed by atoms with Gasteiger partial charge in [-0.25, -0.2) is 9.67 Å². The van der Waals surface area contributed by atoms with Gasteiger partial charge in [-0.2, -0.15) is 5.10 Å². The van der Waals surface area contributed by atoms with E-state index in [-0.39, 0.29) is 0 Å². The molecule has 1 aliphatic rings. The number of methoxy groups -OCH3 is 1. The number of rotatable bonds is 5. The maximum atomic E-state index is 5.08. The number of aliphatic imine (C=N–C) groups is 1. The van der Waals surface area contributed by atoms with Crippen molar-refractivity contribution in [1.82, 2.24) is 25.4 Å². The van der Waals surface area contributed by atoms with Crippen molar-refractivity contribution < 1.29 is 4.74 Å². The monoisotopic (exact) mass is 280 g/mol. The summed E-state index contributed by atoms with van der Waals surface area (Å²) in [6.07, 6.45) is 3.05. The molecule has 0 saturated carbocycles. The zero-order chi connectivity index (χ0) is 14.4. The van der Waals surface area contributed by atoms with E-state index < -0.39 is 0 Å². The number of ether oxygens (including phenoxy) is 1. The minimum absolute atomic E-state index is 0.336. The van der Waals surface area contributed by atoms with Gasteiger partial charge in [0.15, 0.2) is 11.8 Å². The van der Waals surface area contributed by atoms with Gasteiger partial charge in [-0.3, -0.25) is 4.99 Å². The molecule has 2 heterocycles. The lowest BCUT2D eigenvalue weighted by Crippen LogP contribution is -2.47. The van der Waals surface area contributed by atoms with Crippen LogP contribution in [-0.4, -0.2) is 47.5 Å². The highest BCUT2D eigenvalue weighted by atomic mass is 16.5.